The van der Waals surface area contributed by atoms with Crippen LogP contribution in [-0.2, 0) is 28.9 Å². The Morgan fingerprint density at radius 3 is 2.74 bits per heavy atom. The summed E-state index contributed by atoms with van der Waals surface area (Å²) in [6, 6.07) is 4.79. The largest absolute Gasteiger partial charge is 0.496 e. The van der Waals surface area contributed by atoms with Crippen LogP contribution in [0.3, 0.4) is 0 Å². The number of carbonyl (C=O) groups excluding carboxylic acids is 1. The van der Waals surface area contributed by atoms with Crippen molar-refractivity contribution in [2.45, 2.75) is 58.5 Å². The molecule has 5 rings (SSSR count). The van der Waals surface area contributed by atoms with Crippen LogP contribution in [0.25, 0.3) is 0 Å². The summed E-state index contributed by atoms with van der Waals surface area (Å²) < 4.78 is 13.5. The first-order chi connectivity index (χ1) is 15.1. The van der Waals surface area contributed by atoms with Crippen molar-refractivity contribution < 1.29 is 14.3 Å². The van der Waals surface area contributed by atoms with Crippen LogP contribution in [-0.4, -0.2) is 54.0 Å². The molecular formula is C24H32N4O3. The van der Waals surface area contributed by atoms with Gasteiger partial charge in [-0.2, -0.15) is 5.10 Å². The first-order valence-electron chi connectivity index (χ1n) is 11.5. The highest BCUT2D eigenvalue weighted by Gasteiger charge is 2.33. The lowest BCUT2D eigenvalue weighted by atomic mass is 9.97. The second-order valence-electron chi connectivity index (χ2n) is 8.93. The molecule has 0 radical (unpaired) electrons. The molecule has 1 aromatic heterocycles. The van der Waals surface area contributed by atoms with Crippen LogP contribution < -0.4 is 9.64 Å². The van der Waals surface area contributed by atoms with E-state index in [0.717, 1.165) is 70.0 Å². The van der Waals surface area contributed by atoms with Crippen molar-refractivity contribution in [2.75, 3.05) is 38.3 Å². The molecule has 7 nitrogen and oxygen atoms in total. The Morgan fingerprint density at radius 1 is 1.19 bits per heavy atom. The smallest absolute Gasteiger partial charge is 0.219 e. The van der Waals surface area contributed by atoms with E-state index in [1.165, 1.54) is 28.1 Å². The number of ether oxygens (including phenoxy) is 2. The van der Waals surface area contributed by atoms with Crippen molar-refractivity contribution in [3.8, 4) is 5.75 Å². The van der Waals surface area contributed by atoms with Gasteiger partial charge in [-0.1, -0.05) is 6.07 Å². The van der Waals surface area contributed by atoms with Gasteiger partial charge in [-0.3, -0.25) is 9.48 Å². The van der Waals surface area contributed by atoms with Crippen LogP contribution in [0.2, 0.25) is 0 Å². The van der Waals surface area contributed by atoms with Gasteiger partial charge in [0.25, 0.3) is 0 Å². The molecule has 0 bridgehead atoms. The van der Waals surface area contributed by atoms with Crippen molar-refractivity contribution in [3.63, 3.8) is 0 Å². The molecule has 1 saturated heterocycles. The predicted octanol–water partition coefficient (Wildman–Crippen LogP) is 3.54. The van der Waals surface area contributed by atoms with E-state index in [9.17, 15) is 4.79 Å². The second kappa shape index (κ2) is 8.19. The van der Waals surface area contributed by atoms with E-state index in [1.54, 1.807) is 14.0 Å². The summed E-state index contributed by atoms with van der Waals surface area (Å²) >= 11 is 0. The normalized spacial score (nSPS) is 19.2. The Balaban J connectivity index is 1.61. The standard InChI is InChI=1S/C24H32N4O3/c1-16-13-18-5-4-9-27(22(18)14-23(16)30-3)24-20-15-26(17(2)29)10-6-21(20)28(25-24)19-7-11-31-12-8-19/h13-14,19H,4-12,15H2,1-3H3. The van der Waals surface area contributed by atoms with E-state index in [4.69, 9.17) is 14.6 Å². The topological polar surface area (TPSA) is 59.8 Å². The molecule has 31 heavy (non-hydrogen) atoms. The molecule has 3 aliphatic heterocycles. The monoisotopic (exact) mass is 424 g/mol. The van der Waals surface area contributed by atoms with Crippen molar-refractivity contribution in [3.05, 3.63) is 34.5 Å². The van der Waals surface area contributed by atoms with Crippen LogP contribution in [0.1, 0.15) is 54.6 Å². The molecule has 3 aliphatic rings. The number of hydrogen-bond donors (Lipinski definition) is 0. The minimum absolute atomic E-state index is 0.131. The molecule has 166 valence electrons. The van der Waals surface area contributed by atoms with Gasteiger partial charge in [0.1, 0.15) is 5.75 Å². The lowest BCUT2D eigenvalue weighted by molar-refractivity contribution is -0.129. The molecule has 0 unspecified atom stereocenters. The molecule has 4 heterocycles. The highest BCUT2D eigenvalue weighted by Crippen LogP contribution is 2.41. The van der Waals surface area contributed by atoms with E-state index in [2.05, 4.69) is 28.6 Å². The zero-order chi connectivity index (χ0) is 21.5. The maximum Gasteiger partial charge on any atom is 0.219 e. The number of carbonyl (C=O) groups is 1. The van der Waals surface area contributed by atoms with Crippen LogP contribution in [0.15, 0.2) is 12.1 Å². The summed E-state index contributed by atoms with van der Waals surface area (Å²) in [5.41, 5.74) is 6.21. The fraction of sp³-hybridized carbons (Fsp3) is 0.583. The number of aryl methyl sites for hydroxylation is 2. The number of fused-ring (bicyclic) bond motifs is 2. The number of amides is 1. The Morgan fingerprint density at radius 2 is 2.00 bits per heavy atom. The number of methoxy groups -OCH3 is 1. The Labute approximate surface area is 183 Å². The molecule has 0 N–H and O–H groups in total. The minimum atomic E-state index is 0.131. The van der Waals surface area contributed by atoms with Crippen molar-refractivity contribution in [1.82, 2.24) is 14.7 Å². The molecule has 1 aromatic carbocycles. The van der Waals surface area contributed by atoms with Gasteiger partial charge in [0.05, 0.1) is 19.7 Å². The van der Waals surface area contributed by atoms with Gasteiger partial charge in [0.2, 0.25) is 5.91 Å². The molecule has 1 fully saturated rings. The molecule has 0 saturated carbocycles. The third-order valence-corrected chi connectivity index (χ3v) is 7.02. The van der Waals surface area contributed by atoms with Crippen molar-refractivity contribution >= 4 is 17.4 Å². The SMILES string of the molecule is COc1cc2c(cc1C)CCCN2c1nn(C2CCOCC2)c2c1CN(C(C)=O)CC2. The number of aromatic nitrogens is 2. The predicted molar refractivity (Wildman–Crippen MR) is 119 cm³/mol. The highest BCUT2D eigenvalue weighted by atomic mass is 16.5. The van der Waals surface area contributed by atoms with Gasteiger partial charge < -0.3 is 19.3 Å². The lowest BCUT2D eigenvalue weighted by Gasteiger charge is -2.33. The van der Waals surface area contributed by atoms with E-state index in [1.807, 2.05) is 4.90 Å². The Hall–Kier alpha value is -2.54. The fourth-order valence-electron chi connectivity index (χ4n) is 5.32. The molecule has 2 aromatic rings. The Kier molecular flexibility index (Phi) is 5.38. The average Bonchev–Trinajstić information content (AvgIpc) is 3.17. The van der Waals surface area contributed by atoms with Gasteiger partial charge in [-0.25, -0.2) is 0 Å². The fourth-order valence-corrected chi connectivity index (χ4v) is 5.32. The molecule has 1 amide bonds. The van der Waals surface area contributed by atoms with Gasteiger partial charge in [-0.05, 0) is 43.7 Å². The molecule has 7 heteroatoms. The van der Waals surface area contributed by atoms with Gasteiger partial charge >= 0.3 is 0 Å². The van der Waals surface area contributed by atoms with Crippen LogP contribution in [0.4, 0.5) is 11.5 Å². The van der Waals surface area contributed by atoms with Crippen LogP contribution >= 0.6 is 0 Å². The van der Waals surface area contributed by atoms with E-state index < -0.39 is 0 Å². The first-order valence-corrected chi connectivity index (χ1v) is 11.5. The zero-order valence-electron chi connectivity index (χ0n) is 18.8. The molecule has 0 spiro atoms. The third-order valence-electron chi connectivity index (χ3n) is 7.02. The second-order valence-corrected chi connectivity index (χ2v) is 8.93. The van der Waals surface area contributed by atoms with Crippen molar-refractivity contribution in [1.29, 1.82) is 0 Å². The van der Waals surface area contributed by atoms with Crippen molar-refractivity contribution in [2.24, 2.45) is 0 Å². The van der Waals surface area contributed by atoms with Gasteiger partial charge in [0.15, 0.2) is 5.82 Å². The number of nitrogens with zero attached hydrogens (tertiary/aromatic N) is 4. The third kappa shape index (κ3) is 3.59. The van der Waals surface area contributed by atoms with E-state index in [0.29, 0.717) is 12.6 Å². The lowest BCUT2D eigenvalue weighted by Crippen LogP contribution is -2.36. The molecule has 0 atom stereocenters. The average molecular weight is 425 g/mol. The first kappa shape index (κ1) is 20.4. The Bertz CT molecular complexity index is 993. The summed E-state index contributed by atoms with van der Waals surface area (Å²) in [6.45, 7) is 7.67. The number of hydrogen-bond acceptors (Lipinski definition) is 5. The van der Waals surface area contributed by atoms with E-state index in [-0.39, 0.29) is 5.91 Å². The summed E-state index contributed by atoms with van der Waals surface area (Å²) in [4.78, 5) is 16.5. The minimum Gasteiger partial charge on any atom is -0.496 e. The van der Waals surface area contributed by atoms with Gasteiger partial charge in [0, 0.05) is 62.7 Å². The summed E-state index contributed by atoms with van der Waals surface area (Å²) in [5.74, 6) is 2.06. The number of benzene rings is 1. The summed E-state index contributed by atoms with van der Waals surface area (Å²) in [7, 11) is 1.73. The molecular weight excluding hydrogens is 392 g/mol. The zero-order valence-corrected chi connectivity index (χ0v) is 18.8. The summed E-state index contributed by atoms with van der Waals surface area (Å²) in [6.07, 6.45) is 5.01. The quantitative estimate of drug-likeness (QED) is 0.754. The van der Waals surface area contributed by atoms with E-state index >= 15 is 0 Å². The van der Waals surface area contributed by atoms with Crippen LogP contribution in [0, 0.1) is 6.92 Å². The van der Waals surface area contributed by atoms with Gasteiger partial charge in [-0.15, -0.1) is 0 Å². The summed E-state index contributed by atoms with van der Waals surface area (Å²) in [5, 5.41) is 5.22. The maximum atomic E-state index is 12.2. The maximum absolute atomic E-state index is 12.2. The highest BCUT2D eigenvalue weighted by molar-refractivity contribution is 5.75. The number of rotatable bonds is 3. The number of anilines is 2. The van der Waals surface area contributed by atoms with Crippen LogP contribution in [0.5, 0.6) is 5.75 Å². The molecule has 0 aliphatic carbocycles.